The van der Waals surface area contributed by atoms with Crippen LogP contribution in [0.1, 0.15) is 128 Å². The zero-order chi connectivity index (χ0) is 39.0. The van der Waals surface area contributed by atoms with Crippen LogP contribution in [0.5, 0.6) is 0 Å². The fourth-order valence-electron chi connectivity index (χ4n) is 8.26. The van der Waals surface area contributed by atoms with E-state index in [9.17, 15) is 14.4 Å². The summed E-state index contributed by atoms with van der Waals surface area (Å²) in [7, 11) is 1.30. The molecule has 3 aromatic heterocycles. The maximum absolute atomic E-state index is 14.3. The number of allylic oxidation sites excluding steroid dienone is 3. The number of carbonyl (C=O) groups is 3. The molecule has 1 aliphatic carbocycles. The van der Waals surface area contributed by atoms with Crippen LogP contribution in [0.15, 0.2) is 29.6 Å². The number of aromatic nitrogens is 3. The normalized spacial score (nSPS) is 22.2. The molecule has 0 radical (unpaired) electrons. The zero-order valence-corrected chi connectivity index (χ0v) is 35.4. The Morgan fingerprint density at radius 3 is 2.36 bits per heavy atom. The van der Waals surface area contributed by atoms with Crippen molar-refractivity contribution in [3.8, 4) is 0 Å². The molecule has 8 bridgehead atoms. The van der Waals surface area contributed by atoms with Crippen LogP contribution in [0.2, 0.25) is 0 Å². The van der Waals surface area contributed by atoms with Crippen molar-refractivity contribution in [2.24, 2.45) is 23.7 Å². The second kappa shape index (κ2) is 17.2. The average Bonchev–Trinajstić information content (AvgIpc) is 3.87. The molecule has 5 heterocycles. The van der Waals surface area contributed by atoms with Gasteiger partial charge in [-0.2, -0.15) is 0 Å². The van der Waals surface area contributed by atoms with Crippen molar-refractivity contribution in [1.29, 1.82) is 0 Å². The Labute approximate surface area is 341 Å². The predicted molar refractivity (Wildman–Crippen MR) is 218 cm³/mol. The number of methoxy groups -OCH3 is 1. The van der Waals surface area contributed by atoms with E-state index in [1.54, 1.807) is 0 Å². The number of fused-ring (bicyclic) bond motifs is 7. The molecule has 6 rings (SSSR count). The molecule has 2 aliphatic heterocycles. The van der Waals surface area contributed by atoms with E-state index < -0.39 is 11.9 Å². The molecule has 3 aromatic rings. The van der Waals surface area contributed by atoms with E-state index in [4.69, 9.17) is 24.4 Å². The molecule has 0 unspecified atom stereocenters. The standard InChI is InChI=1S/C45H54N4O5.Mg/c1-11-29-25(6)32-20-34-27(8)31(16-17-38(50)54-19-18-24(5)15-13-14-23(3)4)42(48-34)40-41(45(52)53-10)44(51)39-28(9)35(49-43(39)40)22-37-30(12-2)26(7)33(47-37)21-36(29)46-32;/h11,18,20-23,27,31,41H,1,12-17,19H2,2-10H3,(H2,48,49,51);/q-2;+2/p-1/b24-18-,33-21-,34-20-,37-22-;/t27-,31-,41+;/m0./s1. The summed E-state index contributed by atoms with van der Waals surface area (Å²) < 4.78 is 10.9. The van der Waals surface area contributed by atoms with Crippen LogP contribution in [0.3, 0.4) is 0 Å². The van der Waals surface area contributed by atoms with Crippen molar-refractivity contribution in [2.75, 3.05) is 13.7 Å². The summed E-state index contributed by atoms with van der Waals surface area (Å²) >= 11 is 0. The van der Waals surface area contributed by atoms with Crippen molar-refractivity contribution in [1.82, 2.24) is 20.3 Å². The minimum absolute atomic E-state index is 0. The van der Waals surface area contributed by atoms with Gasteiger partial charge in [0.25, 0.3) is 0 Å². The quantitative estimate of drug-likeness (QED) is 0.103. The van der Waals surface area contributed by atoms with Gasteiger partial charge in [-0.1, -0.05) is 92.8 Å². The Hall–Kier alpha value is -4.28. The summed E-state index contributed by atoms with van der Waals surface area (Å²) in [4.78, 5) is 56.1. The maximum atomic E-state index is 14.3. The number of Topliss-reactive ketones (excluding diaryl/α,β-unsaturated/α-hetero) is 1. The molecule has 0 saturated carbocycles. The number of ether oxygens (including phenoxy) is 2. The molecule has 3 aliphatic rings. The van der Waals surface area contributed by atoms with Crippen molar-refractivity contribution in [2.45, 2.75) is 93.9 Å². The van der Waals surface area contributed by atoms with Crippen molar-refractivity contribution >= 4 is 70.7 Å². The second-order valence-corrected chi connectivity index (χ2v) is 15.4. The van der Waals surface area contributed by atoms with Gasteiger partial charge in [-0.3, -0.25) is 14.4 Å². The van der Waals surface area contributed by atoms with Crippen molar-refractivity contribution < 1.29 is 23.9 Å². The fourth-order valence-corrected chi connectivity index (χ4v) is 8.26. The minimum atomic E-state index is -1.18. The molecule has 3 atom stereocenters. The van der Waals surface area contributed by atoms with Crippen molar-refractivity contribution in [3.63, 3.8) is 0 Å². The topological polar surface area (TPSA) is 124 Å². The minimum Gasteiger partial charge on any atom is -0.657 e. The molecule has 0 aromatic carbocycles. The third-order valence-corrected chi connectivity index (χ3v) is 11.5. The molecule has 1 N–H and O–H groups in total. The monoisotopic (exact) mass is 753 g/mol. The molecule has 55 heavy (non-hydrogen) atoms. The van der Waals surface area contributed by atoms with E-state index in [2.05, 4.69) is 53.4 Å². The van der Waals surface area contributed by atoms with Gasteiger partial charge in [0.05, 0.1) is 7.11 Å². The summed E-state index contributed by atoms with van der Waals surface area (Å²) in [6, 6.07) is 0. The average molecular weight is 754 g/mol. The molecule has 9 nitrogen and oxygen atoms in total. The smallest absolute Gasteiger partial charge is 0.657 e. The maximum Gasteiger partial charge on any atom is 2.00 e. The predicted octanol–water partition coefficient (Wildman–Crippen LogP) is 5.97. The van der Waals surface area contributed by atoms with Crippen LogP contribution in [0.4, 0.5) is 0 Å². The third-order valence-electron chi connectivity index (χ3n) is 11.5. The second-order valence-electron chi connectivity index (χ2n) is 15.4. The number of rotatable bonds is 12. The van der Waals surface area contributed by atoms with Gasteiger partial charge in [0.2, 0.25) is 0 Å². The molecular weight excluding hydrogens is 701 g/mol. The molecule has 0 spiro atoms. The van der Waals surface area contributed by atoms with E-state index >= 15 is 0 Å². The number of ketones is 1. The van der Waals surface area contributed by atoms with E-state index in [0.29, 0.717) is 46.1 Å². The fraction of sp³-hybridized carbons (Fsp3) is 0.444. The van der Waals surface area contributed by atoms with Crippen LogP contribution in [-0.2, 0) is 25.5 Å². The molecule has 0 amide bonds. The molecule has 1 saturated heterocycles. The number of esters is 2. The van der Waals surface area contributed by atoms with Crippen LogP contribution in [-0.4, -0.2) is 54.5 Å². The van der Waals surface area contributed by atoms with Gasteiger partial charge in [0, 0.05) is 35.2 Å². The van der Waals surface area contributed by atoms with Gasteiger partial charge in [0.15, 0.2) is 5.78 Å². The summed E-state index contributed by atoms with van der Waals surface area (Å²) in [5, 5.41) is 5.24. The number of hydrogen-bond donors (Lipinski definition) is 1. The Balaban J connectivity index is 0.00000580. The van der Waals surface area contributed by atoms with Crippen LogP contribution in [0.25, 0.3) is 29.9 Å². The SMILES string of the molecule is C=Cc1c2[n-]c(c1C)/C=C1\N/C(=C3\c4[n-]c(c(C)c4C(=O)[C@@H]3C(=O)OC)/C=c3\[n-]/c(c(C)c3CC)=C\2)[C@@H](CCC(=O)OC/C=C(/C)CCCC(C)C)[C@@H]1C.[Mg+2]. The number of nitrogens with zero attached hydrogens (tertiary/aromatic N) is 3. The van der Waals surface area contributed by atoms with Crippen molar-refractivity contribution in [3.05, 3.63) is 96.5 Å². The molecule has 10 heteroatoms. The Morgan fingerprint density at radius 2 is 1.69 bits per heavy atom. The Morgan fingerprint density at radius 1 is 0.982 bits per heavy atom. The third kappa shape index (κ3) is 8.03. The van der Waals surface area contributed by atoms with Gasteiger partial charge in [-0.25, -0.2) is 0 Å². The molecule has 1 fully saturated rings. The first kappa shape index (κ1) is 41.9. The van der Waals surface area contributed by atoms with E-state index in [0.717, 1.165) is 75.7 Å². The summed E-state index contributed by atoms with van der Waals surface area (Å²) in [5.41, 5.74) is 11.1. The van der Waals surface area contributed by atoms with E-state index in [1.807, 2.05) is 44.2 Å². The summed E-state index contributed by atoms with van der Waals surface area (Å²) in [6.07, 6.45) is 14.4. The van der Waals surface area contributed by atoms with Gasteiger partial charge >= 0.3 is 35.0 Å². The summed E-state index contributed by atoms with van der Waals surface area (Å²) in [6.45, 7) is 21.0. The zero-order valence-electron chi connectivity index (χ0n) is 33.9. The van der Waals surface area contributed by atoms with Gasteiger partial charge in [0.1, 0.15) is 12.5 Å². The van der Waals surface area contributed by atoms with Gasteiger partial charge in [-0.05, 0) is 76.5 Å². The Kier molecular flexibility index (Phi) is 13.1. The first-order valence-corrected chi connectivity index (χ1v) is 19.3. The van der Waals surface area contributed by atoms with Crippen LogP contribution < -0.4 is 31.0 Å². The van der Waals surface area contributed by atoms with Gasteiger partial charge < -0.3 is 29.7 Å². The Bertz CT molecular complexity index is 2240. The number of carbonyl (C=O) groups excluding carboxylic acids is 3. The largest absolute Gasteiger partial charge is 2.00 e. The summed E-state index contributed by atoms with van der Waals surface area (Å²) in [5.74, 6) is -2.18. The van der Waals surface area contributed by atoms with E-state index in [-0.39, 0.29) is 59.7 Å². The van der Waals surface area contributed by atoms with Gasteiger partial charge in [-0.15, -0.1) is 33.5 Å². The number of hydrogen-bond acceptors (Lipinski definition) is 6. The molecule has 286 valence electrons. The number of nitrogens with one attached hydrogen (secondary N) is 1. The first-order chi connectivity index (χ1) is 25.8. The van der Waals surface area contributed by atoms with E-state index in [1.165, 1.54) is 12.7 Å². The van der Waals surface area contributed by atoms with Crippen LogP contribution >= 0.6 is 0 Å². The first-order valence-electron chi connectivity index (χ1n) is 19.3. The van der Waals surface area contributed by atoms with Crippen LogP contribution in [0, 0.1) is 44.4 Å². The molecular formula is C45H53MgN4O5-.